The zero-order valence-electron chi connectivity index (χ0n) is 12.5. The quantitative estimate of drug-likeness (QED) is 0.797. The molecule has 0 saturated carbocycles. The Hall–Kier alpha value is -1.88. The molecule has 0 unspecified atom stereocenters. The molecule has 0 radical (unpaired) electrons. The van der Waals surface area contributed by atoms with Crippen LogP contribution < -0.4 is 9.80 Å². The third kappa shape index (κ3) is 2.42. The van der Waals surface area contributed by atoms with Crippen molar-refractivity contribution in [2.45, 2.75) is 25.9 Å². The average Bonchev–Trinajstić information content (AvgIpc) is 2.73. The van der Waals surface area contributed by atoms with Crippen molar-refractivity contribution < 1.29 is 14.3 Å². The first-order chi connectivity index (χ1) is 10.1. The maximum atomic E-state index is 11.8. The van der Waals surface area contributed by atoms with Crippen LogP contribution in [0.1, 0.15) is 30.1 Å². The minimum atomic E-state index is -0.447. The molecular weight excluding hydrogens is 268 g/mol. The number of Topliss-reactive ketones (excluding diaryl/α,β-unsaturated/α-hetero) is 1. The van der Waals surface area contributed by atoms with E-state index in [9.17, 15) is 9.59 Å². The first kappa shape index (κ1) is 14.1. The van der Waals surface area contributed by atoms with Crippen LogP contribution in [0.25, 0.3) is 0 Å². The molecular formula is C16H20N2O3. The molecule has 1 aromatic carbocycles. The van der Waals surface area contributed by atoms with Gasteiger partial charge in [0.2, 0.25) is 0 Å². The summed E-state index contributed by atoms with van der Waals surface area (Å²) in [6.45, 7) is 4.67. The predicted molar refractivity (Wildman–Crippen MR) is 81.0 cm³/mol. The van der Waals surface area contributed by atoms with Gasteiger partial charge in [-0.1, -0.05) is 0 Å². The van der Waals surface area contributed by atoms with E-state index >= 15 is 0 Å². The predicted octanol–water partition coefficient (Wildman–Crippen LogP) is 1.85. The van der Waals surface area contributed by atoms with Crippen LogP contribution in [0.15, 0.2) is 18.2 Å². The second kappa shape index (κ2) is 5.48. The molecule has 0 spiro atoms. The average molecular weight is 288 g/mol. The van der Waals surface area contributed by atoms with Gasteiger partial charge in [0.05, 0.1) is 17.4 Å². The molecule has 0 atom stereocenters. The van der Waals surface area contributed by atoms with Crippen molar-refractivity contribution in [3.05, 3.63) is 23.8 Å². The summed E-state index contributed by atoms with van der Waals surface area (Å²) in [6, 6.07) is 5.65. The summed E-state index contributed by atoms with van der Waals surface area (Å²) < 4.78 is 5.66. The highest BCUT2D eigenvalue weighted by Crippen LogP contribution is 2.32. The van der Waals surface area contributed by atoms with Gasteiger partial charge >= 0.3 is 0 Å². The Morgan fingerprint density at radius 1 is 1.24 bits per heavy atom. The number of fused-ring (bicyclic) bond motifs is 1. The van der Waals surface area contributed by atoms with E-state index in [2.05, 4.69) is 4.90 Å². The maximum Gasteiger partial charge on any atom is 0.299 e. The lowest BCUT2D eigenvalue weighted by Gasteiger charge is -2.33. The summed E-state index contributed by atoms with van der Waals surface area (Å²) in [4.78, 5) is 27.2. The van der Waals surface area contributed by atoms with Crippen molar-refractivity contribution in [2.75, 3.05) is 36.5 Å². The second-order valence-corrected chi connectivity index (χ2v) is 5.54. The van der Waals surface area contributed by atoms with Gasteiger partial charge in [-0.2, -0.15) is 0 Å². The van der Waals surface area contributed by atoms with Crippen LogP contribution in [0.4, 0.5) is 11.4 Å². The number of carbonyl (C=O) groups is 2. The molecule has 3 rings (SSSR count). The monoisotopic (exact) mass is 288 g/mol. The third-order valence-electron chi connectivity index (χ3n) is 4.30. The van der Waals surface area contributed by atoms with Crippen LogP contribution in [-0.4, -0.2) is 44.5 Å². The summed E-state index contributed by atoms with van der Waals surface area (Å²) in [6.07, 6.45) is 2.38. The Morgan fingerprint density at radius 3 is 2.62 bits per heavy atom. The molecule has 5 nitrogen and oxygen atoms in total. The lowest BCUT2D eigenvalue weighted by molar-refractivity contribution is -0.114. The minimum Gasteiger partial charge on any atom is -0.378 e. The molecule has 0 N–H and O–H groups in total. The highest BCUT2D eigenvalue weighted by Gasteiger charge is 2.33. The fourth-order valence-corrected chi connectivity index (χ4v) is 3.08. The summed E-state index contributed by atoms with van der Waals surface area (Å²) in [5.41, 5.74) is 2.29. The molecule has 21 heavy (non-hydrogen) atoms. The smallest absolute Gasteiger partial charge is 0.299 e. The standard InChI is InChI=1S/C16H20N2O3/c1-3-21-12-6-8-18(9-7-12)11-4-5-13-14(10-11)17(2)16(20)15(13)19/h4-5,10,12H,3,6-9H2,1-2H3. The lowest BCUT2D eigenvalue weighted by atomic mass is 10.1. The summed E-state index contributed by atoms with van der Waals surface area (Å²) in [7, 11) is 1.65. The van der Waals surface area contributed by atoms with Crippen molar-refractivity contribution in [2.24, 2.45) is 0 Å². The van der Waals surface area contributed by atoms with Gasteiger partial charge in [-0.15, -0.1) is 0 Å². The van der Waals surface area contributed by atoms with E-state index < -0.39 is 11.7 Å². The van der Waals surface area contributed by atoms with E-state index in [4.69, 9.17) is 4.74 Å². The Labute approximate surface area is 124 Å². The van der Waals surface area contributed by atoms with Gasteiger partial charge in [0, 0.05) is 32.4 Å². The largest absolute Gasteiger partial charge is 0.378 e. The topological polar surface area (TPSA) is 49.9 Å². The Morgan fingerprint density at radius 2 is 1.95 bits per heavy atom. The molecule has 2 heterocycles. The number of rotatable bonds is 3. The summed E-state index contributed by atoms with van der Waals surface area (Å²) >= 11 is 0. The highest BCUT2D eigenvalue weighted by molar-refractivity contribution is 6.52. The SMILES string of the molecule is CCOC1CCN(c2ccc3c(c2)N(C)C(=O)C3=O)CC1. The Kier molecular flexibility index (Phi) is 3.68. The van der Waals surface area contributed by atoms with E-state index in [1.807, 2.05) is 19.1 Å². The zero-order valence-corrected chi connectivity index (χ0v) is 12.5. The fourth-order valence-electron chi connectivity index (χ4n) is 3.08. The van der Waals surface area contributed by atoms with Crippen molar-refractivity contribution in [3.8, 4) is 0 Å². The van der Waals surface area contributed by atoms with Crippen LogP contribution in [-0.2, 0) is 9.53 Å². The van der Waals surface area contributed by atoms with Crippen molar-refractivity contribution >= 4 is 23.1 Å². The fraction of sp³-hybridized carbons (Fsp3) is 0.500. The van der Waals surface area contributed by atoms with Gasteiger partial charge in [-0.25, -0.2) is 0 Å². The zero-order chi connectivity index (χ0) is 15.0. The number of likely N-dealkylation sites (N-methyl/N-ethyl adjacent to an activating group) is 1. The van der Waals surface area contributed by atoms with E-state index in [1.54, 1.807) is 13.1 Å². The van der Waals surface area contributed by atoms with Gasteiger partial charge in [-0.3, -0.25) is 9.59 Å². The maximum absolute atomic E-state index is 11.8. The molecule has 2 aliphatic rings. The van der Waals surface area contributed by atoms with Gasteiger partial charge in [0.15, 0.2) is 0 Å². The molecule has 1 amide bonds. The van der Waals surface area contributed by atoms with E-state index in [0.29, 0.717) is 11.7 Å². The number of benzene rings is 1. The van der Waals surface area contributed by atoms with Gasteiger partial charge in [-0.05, 0) is 38.0 Å². The number of hydrogen-bond donors (Lipinski definition) is 0. The number of anilines is 2. The van der Waals surface area contributed by atoms with Crippen molar-refractivity contribution in [1.82, 2.24) is 0 Å². The first-order valence-corrected chi connectivity index (χ1v) is 7.44. The van der Waals surface area contributed by atoms with Gasteiger partial charge in [0.1, 0.15) is 0 Å². The first-order valence-electron chi connectivity index (χ1n) is 7.44. The van der Waals surface area contributed by atoms with Crippen LogP contribution in [0.5, 0.6) is 0 Å². The van der Waals surface area contributed by atoms with Gasteiger partial charge < -0.3 is 14.5 Å². The molecule has 0 aliphatic carbocycles. The van der Waals surface area contributed by atoms with Crippen molar-refractivity contribution in [1.29, 1.82) is 0 Å². The summed E-state index contributed by atoms with van der Waals surface area (Å²) in [5.74, 6) is -0.855. The van der Waals surface area contributed by atoms with Crippen LogP contribution in [0.2, 0.25) is 0 Å². The highest BCUT2D eigenvalue weighted by atomic mass is 16.5. The van der Waals surface area contributed by atoms with Crippen LogP contribution in [0, 0.1) is 0 Å². The number of nitrogens with zero attached hydrogens (tertiary/aromatic N) is 2. The van der Waals surface area contributed by atoms with E-state index in [0.717, 1.165) is 43.9 Å². The number of piperidine rings is 1. The number of ether oxygens (including phenoxy) is 1. The van der Waals surface area contributed by atoms with Crippen LogP contribution in [0.3, 0.4) is 0 Å². The number of hydrogen-bond acceptors (Lipinski definition) is 4. The molecule has 2 aliphatic heterocycles. The van der Waals surface area contributed by atoms with Crippen molar-refractivity contribution in [3.63, 3.8) is 0 Å². The second-order valence-electron chi connectivity index (χ2n) is 5.54. The molecule has 5 heteroatoms. The number of carbonyl (C=O) groups excluding carboxylic acids is 2. The molecule has 0 aromatic heterocycles. The van der Waals surface area contributed by atoms with Gasteiger partial charge in [0.25, 0.3) is 11.7 Å². The molecule has 1 saturated heterocycles. The molecule has 0 bridgehead atoms. The number of ketones is 1. The Bertz CT molecular complexity index is 577. The lowest BCUT2D eigenvalue weighted by Crippen LogP contribution is -2.37. The van der Waals surface area contributed by atoms with E-state index in [1.165, 1.54) is 4.90 Å². The Balaban J connectivity index is 1.77. The minimum absolute atomic E-state index is 0.353. The molecule has 1 aromatic rings. The molecule has 112 valence electrons. The molecule has 1 fully saturated rings. The normalized spacial score (nSPS) is 19.3. The van der Waals surface area contributed by atoms with E-state index in [-0.39, 0.29) is 0 Å². The third-order valence-corrected chi connectivity index (χ3v) is 4.30. The van der Waals surface area contributed by atoms with Crippen LogP contribution >= 0.6 is 0 Å². The summed E-state index contributed by atoms with van der Waals surface area (Å²) in [5, 5.41) is 0. The number of amides is 1.